The summed E-state index contributed by atoms with van der Waals surface area (Å²) < 4.78 is 5.49. The number of imidazole rings is 1. The molecule has 0 aliphatic carbocycles. The smallest absolute Gasteiger partial charge is 0.300 e. The Morgan fingerprint density at radius 3 is 3.00 bits per heavy atom. The van der Waals surface area contributed by atoms with Crippen LogP contribution in [0.3, 0.4) is 0 Å². The molecule has 2 N–H and O–H groups in total. The van der Waals surface area contributed by atoms with Gasteiger partial charge in [0.15, 0.2) is 0 Å². The Bertz CT molecular complexity index is 651. The Morgan fingerprint density at radius 2 is 2.35 bits per heavy atom. The molecule has 1 aromatic heterocycles. The molecule has 1 heterocycles. The molecule has 0 atom stereocenters. The Hall–Kier alpha value is -2.74. The van der Waals surface area contributed by atoms with Crippen LogP contribution in [-0.2, 0) is 4.79 Å². The molecule has 102 valence electrons. The van der Waals surface area contributed by atoms with Crippen LogP contribution in [0.15, 0.2) is 30.6 Å². The number of benzene rings is 1. The van der Waals surface area contributed by atoms with Gasteiger partial charge in [0.1, 0.15) is 11.6 Å². The molecule has 5 heteroatoms. The van der Waals surface area contributed by atoms with Crippen molar-refractivity contribution in [1.29, 1.82) is 0 Å². The third-order valence-corrected chi connectivity index (χ3v) is 2.54. The first-order valence-corrected chi connectivity index (χ1v) is 6.25. The average molecular weight is 269 g/mol. The lowest BCUT2D eigenvalue weighted by molar-refractivity contribution is -0.111. The molecule has 2 aromatic rings. The molecule has 0 aliphatic rings. The van der Waals surface area contributed by atoms with Crippen molar-refractivity contribution >= 4 is 11.6 Å². The number of carbonyl (C=O) groups is 1. The molecular weight excluding hydrogens is 254 g/mol. The molecule has 1 aromatic carbocycles. The fourth-order valence-corrected chi connectivity index (χ4v) is 1.75. The molecule has 0 bridgehead atoms. The number of H-pyrrole nitrogens is 1. The maximum absolute atomic E-state index is 11.6. The number of carbonyl (C=O) groups excluding carboxylic acids is 1. The highest BCUT2D eigenvalue weighted by Gasteiger charge is 2.09. The third kappa shape index (κ3) is 3.18. The minimum absolute atomic E-state index is 0.370. The van der Waals surface area contributed by atoms with Crippen LogP contribution in [0.25, 0.3) is 11.4 Å². The first-order valence-electron chi connectivity index (χ1n) is 6.25. The number of aromatic nitrogens is 2. The summed E-state index contributed by atoms with van der Waals surface area (Å²) in [7, 11) is 0. The molecule has 0 unspecified atom stereocenters. The Morgan fingerprint density at radius 1 is 1.50 bits per heavy atom. The van der Waals surface area contributed by atoms with Crippen LogP contribution < -0.4 is 10.1 Å². The van der Waals surface area contributed by atoms with Crippen molar-refractivity contribution < 1.29 is 9.53 Å². The van der Waals surface area contributed by atoms with Crippen molar-refractivity contribution in [3.63, 3.8) is 0 Å². The Kier molecular flexibility index (Phi) is 4.40. The fourth-order valence-electron chi connectivity index (χ4n) is 1.75. The van der Waals surface area contributed by atoms with Crippen LogP contribution >= 0.6 is 0 Å². The minimum Gasteiger partial charge on any atom is -0.492 e. The molecule has 0 radical (unpaired) electrons. The van der Waals surface area contributed by atoms with Gasteiger partial charge < -0.3 is 15.0 Å². The van der Waals surface area contributed by atoms with Crippen molar-refractivity contribution in [2.45, 2.75) is 13.8 Å². The fraction of sp³-hybridized carbons (Fsp3) is 0.200. The average Bonchev–Trinajstić information content (AvgIpc) is 2.95. The van der Waals surface area contributed by atoms with Gasteiger partial charge in [-0.2, -0.15) is 0 Å². The summed E-state index contributed by atoms with van der Waals surface area (Å²) >= 11 is 0. The maximum atomic E-state index is 11.6. The van der Waals surface area contributed by atoms with E-state index in [-0.39, 0.29) is 5.91 Å². The summed E-state index contributed by atoms with van der Waals surface area (Å²) in [4.78, 5) is 18.8. The number of nitrogens with one attached hydrogen (secondary N) is 2. The van der Waals surface area contributed by atoms with E-state index in [9.17, 15) is 4.79 Å². The number of rotatable bonds is 4. The number of hydrogen-bond donors (Lipinski definition) is 2. The zero-order valence-corrected chi connectivity index (χ0v) is 11.4. The van der Waals surface area contributed by atoms with Gasteiger partial charge in [0.05, 0.1) is 12.3 Å². The SMILES string of the molecule is CC#CC(=O)Nc1cc(-c2ncc[nH]2)ccc1OCC. The highest BCUT2D eigenvalue weighted by Crippen LogP contribution is 2.29. The molecule has 0 aliphatic heterocycles. The van der Waals surface area contributed by atoms with E-state index in [4.69, 9.17) is 4.74 Å². The summed E-state index contributed by atoms with van der Waals surface area (Å²) in [5.41, 5.74) is 1.44. The second-order valence-corrected chi connectivity index (χ2v) is 3.91. The Labute approximate surface area is 117 Å². The highest BCUT2D eigenvalue weighted by molar-refractivity contribution is 6.05. The topological polar surface area (TPSA) is 67.0 Å². The molecule has 0 saturated carbocycles. The van der Waals surface area contributed by atoms with Crippen LogP contribution in [0.2, 0.25) is 0 Å². The summed E-state index contributed by atoms with van der Waals surface area (Å²) in [5.74, 6) is 5.96. The van der Waals surface area contributed by atoms with E-state index in [2.05, 4.69) is 27.1 Å². The lowest BCUT2D eigenvalue weighted by Crippen LogP contribution is -2.10. The van der Waals surface area contributed by atoms with Gasteiger partial charge in [0, 0.05) is 18.0 Å². The molecule has 2 rings (SSSR count). The van der Waals surface area contributed by atoms with Gasteiger partial charge in [0.2, 0.25) is 0 Å². The monoisotopic (exact) mass is 269 g/mol. The number of nitrogens with zero attached hydrogens (tertiary/aromatic N) is 1. The van der Waals surface area contributed by atoms with E-state index >= 15 is 0 Å². The molecule has 0 saturated heterocycles. The van der Waals surface area contributed by atoms with E-state index in [1.165, 1.54) is 0 Å². The predicted molar refractivity (Wildman–Crippen MR) is 77.3 cm³/mol. The van der Waals surface area contributed by atoms with E-state index in [0.717, 1.165) is 11.4 Å². The quantitative estimate of drug-likeness (QED) is 0.838. The molecule has 5 nitrogen and oxygen atoms in total. The van der Waals surface area contributed by atoms with Gasteiger partial charge in [-0.05, 0) is 38.0 Å². The van der Waals surface area contributed by atoms with Crippen LogP contribution in [-0.4, -0.2) is 22.5 Å². The first-order chi connectivity index (χ1) is 9.74. The lowest BCUT2D eigenvalue weighted by atomic mass is 10.1. The maximum Gasteiger partial charge on any atom is 0.300 e. The van der Waals surface area contributed by atoms with Crippen molar-refractivity contribution in [3.05, 3.63) is 30.6 Å². The number of anilines is 1. The van der Waals surface area contributed by atoms with Gasteiger partial charge in [0.25, 0.3) is 5.91 Å². The normalized spacial score (nSPS) is 9.50. The van der Waals surface area contributed by atoms with Crippen LogP contribution in [0.4, 0.5) is 5.69 Å². The number of aromatic amines is 1. The van der Waals surface area contributed by atoms with E-state index < -0.39 is 0 Å². The van der Waals surface area contributed by atoms with Crippen LogP contribution in [0, 0.1) is 11.8 Å². The first kappa shape index (κ1) is 13.7. The molecule has 0 spiro atoms. The Balaban J connectivity index is 2.35. The predicted octanol–water partition coefficient (Wildman–Crippen LogP) is 2.44. The van der Waals surface area contributed by atoms with Crippen LogP contribution in [0.5, 0.6) is 5.75 Å². The largest absolute Gasteiger partial charge is 0.492 e. The second-order valence-electron chi connectivity index (χ2n) is 3.91. The summed E-state index contributed by atoms with van der Waals surface area (Å²) in [6.07, 6.45) is 3.42. The van der Waals surface area contributed by atoms with Gasteiger partial charge in [-0.25, -0.2) is 4.98 Å². The third-order valence-electron chi connectivity index (χ3n) is 2.54. The van der Waals surface area contributed by atoms with Crippen molar-refractivity contribution in [2.24, 2.45) is 0 Å². The second kappa shape index (κ2) is 6.43. The number of hydrogen-bond acceptors (Lipinski definition) is 3. The summed E-state index contributed by atoms with van der Waals surface area (Å²) in [6.45, 7) is 4.02. The van der Waals surface area contributed by atoms with Crippen molar-refractivity contribution in [1.82, 2.24) is 9.97 Å². The van der Waals surface area contributed by atoms with Gasteiger partial charge >= 0.3 is 0 Å². The highest BCUT2D eigenvalue weighted by atomic mass is 16.5. The van der Waals surface area contributed by atoms with Gasteiger partial charge in [-0.3, -0.25) is 4.79 Å². The minimum atomic E-state index is -0.370. The molecule has 1 amide bonds. The summed E-state index contributed by atoms with van der Waals surface area (Å²) in [5, 5.41) is 2.72. The lowest BCUT2D eigenvalue weighted by Gasteiger charge is -2.11. The van der Waals surface area contributed by atoms with E-state index in [1.807, 2.05) is 13.0 Å². The zero-order valence-electron chi connectivity index (χ0n) is 11.4. The van der Waals surface area contributed by atoms with Gasteiger partial charge in [-0.1, -0.05) is 5.92 Å². The van der Waals surface area contributed by atoms with Gasteiger partial charge in [-0.15, -0.1) is 0 Å². The van der Waals surface area contributed by atoms with E-state index in [0.29, 0.717) is 18.0 Å². The van der Waals surface area contributed by atoms with E-state index in [1.54, 1.807) is 31.5 Å². The zero-order chi connectivity index (χ0) is 14.4. The molecule has 20 heavy (non-hydrogen) atoms. The number of amides is 1. The van der Waals surface area contributed by atoms with Crippen LogP contribution in [0.1, 0.15) is 13.8 Å². The van der Waals surface area contributed by atoms with Crippen molar-refractivity contribution in [3.8, 4) is 29.0 Å². The molecular formula is C15H15N3O2. The standard InChI is InChI=1S/C15H15N3O2/c1-3-5-14(19)18-12-10-11(15-16-8-9-17-15)6-7-13(12)20-4-2/h6-10H,4H2,1-2H3,(H,16,17)(H,18,19). The molecule has 0 fully saturated rings. The summed E-state index contributed by atoms with van der Waals surface area (Å²) in [6, 6.07) is 5.49. The van der Waals surface area contributed by atoms with Crippen molar-refractivity contribution in [2.75, 3.05) is 11.9 Å². The number of ether oxygens (including phenoxy) is 1.